The van der Waals surface area contributed by atoms with E-state index in [0.29, 0.717) is 12.2 Å². The predicted molar refractivity (Wildman–Crippen MR) is 90.2 cm³/mol. The molecule has 2 unspecified atom stereocenters. The van der Waals surface area contributed by atoms with Gasteiger partial charge >= 0.3 is 0 Å². The fourth-order valence-corrected chi connectivity index (χ4v) is 3.82. The number of anilines is 1. The van der Waals surface area contributed by atoms with E-state index in [1.807, 2.05) is 36.5 Å². The average molecular weight is 307 g/mol. The number of nitrogens with zero attached hydrogens (tertiary/aromatic N) is 1. The summed E-state index contributed by atoms with van der Waals surface area (Å²) in [5.41, 5.74) is 10.9. The second-order valence-corrected chi connectivity index (χ2v) is 6.56. The zero-order valence-electron chi connectivity index (χ0n) is 13.1. The highest BCUT2D eigenvalue weighted by atomic mass is 16.1. The summed E-state index contributed by atoms with van der Waals surface area (Å²) in [7, 11) is 0. The van der Waals surface area contributed by atoms with Crippen molar-refractivity contribution in [2.24, 2.45) is 5.73 Å². The smallest absolute Gasteiger partial charge is 0.233 e. The van der Waals surface area contributed by atoms with Gasteiger partial charge in [-0.05, 0) is 60.4 Å². The van der Waals surface area contributed by atoms with Crippen LogP contribution in [0.15, 0.2) is 36.5 Å². The van der Waals surface area contributed by atoms with Crippen molar-refractivity contribution >= 4 is 11.7 Å². The molecule has 0 saturated carbocycles. The van der Waals surface area contributed by atoms with Gasteiger partial charge in [0.1, 0.15) is 5.82 Å². The van der Waals surface area contributed by atoms with Crippen LogP contribution in [-0.2, 0) is 17.6 Å². The predicted octanol–water partition coefficient (Wildman–Crippen LogP) is 3.09. The maximum atomic E-state index is 12.7. The number of hydrogen-bond acceptors (Lipinski definition) is 3. The minimum atomic E-state index is -0.181. The Morgan fingerprint density at radius 1 is 1.13 bits per heavy atom. The van der Waals surface area contributed by atoms with E-state index in [9.17, 15) is 4.79 Å². The van der Waals surface area contributed by atoms with Crippen molar-refractivity contribution in [1.82, 2.24) is 4.98 Å². The van der Waals surface area contributed by atoms with Gasteiger partial charge in [0.15, 0.2) is 0 Å². The van der Waals surface area contributed by atoms with Crippen LogP contribution in [0.5, 0.6) is 0 Å². The number of rotatable bonds is 2. The van der Waals surface area contributed by atoms with Gasteiger partial charge in [-0.3, -0.25) is 4.79 Å². The third-order valence-electron chi connectivity index (χ3n) is 5.05. The lowest BCUT2D eigenvalue weighted by Gasteiger charge is -2.17. The normalized spacial score (nSPS) is 22.3. The van der Waals surface area contributed by atoms with Gasteiger partial charge in [-0.2, -0.15) is 0 Å². The number of nitrogens with one attached hydrogen (secondary N) is 1. The quantitative estimate of drug-likeness (QED) is 0.896. The summed E-state index contributed by atoms with van der Waals surface area (Å²) >= 11 is 0. The van der Waals surface area contributed by atoms with Crippen LogP contribution in [0, 0.1) is 0 Å². The van der Waals surface area contributed by atoms with Crippen LogP contribution < -0.4 is 11.1 Å². The molecule has 1 heterocycles. The molecule has 23 heavy (non-hydrogen) atoms. The number of hydrogen-bond donors (Lipinski definition) is 2. The van der Waals surface area contributed by atoms with Crippen molar-refractivity contribution in [3.05, 3.63) is 58.8 Å². The molecule has 118 valence electrons. The molecular formula is C19H21N3O. The highest BCUT2D eigenvalue weighted by Gasteiger charge is 2.33. The number of fused-ring (bicyclic) bond motifs is 2. The lowest BCUT2D eigenvalue weighted by molar-refractivity contribution is -0.117. The Morgan fingerprint density at radius 3 is 2.70 bits per heavy atom. The summed E-state index contributed by atoms with van der Waals surface area (Å²) in [4.78, 5) is 17.1. The summed E-state index contributed by atoms with van der Waals surface area (Å²) < 4.78 is 0. The lowest BCUT2D eigenvalue weighted by Crippen LogP contribution is -2.21. The average Bonchev–Trinajstić information content (AvgIpc) is 2.92. The Balaban J connectivity index is 1.55. The number of benzene rings is 1. The summed E-state index contributed by atoms with van der Waals surface area (Å²) in [5.74, 6) is 0.473. The van der Waals surface area contributed by atoms with Crippen LogP contribution in [0.1, 0.15) is 53.5 Å². The lowest BCUT2D eigenvalue weighted by atomic mass is 9.93. The van der Waals surface area contributed by atoms with Gasteiger partial charge in [-0.1, -0.05) is 24.3 Å². The largest absolute Gasteiger partial charge is 0.324 e. The second-order valence-electron chi connectivity index (χ2n) is 6.56. The Labute approximate surface area is 136 Å². The van der Waals surface area contributed by atoms with Gasteiger partial charge in [0.25, 0.3) is 0 Å². The summed E-state index contributed by atoms with van der Waals surface area (Å²) in [6.07, 6.45) is 7.21. The number of carbonyl (C=O) groups excluding carboxylic acids is 1. The molecule has 0 aliphatic heterocycles. The Morgan fingerprint density at radius 2 is 1.87 bits per heavy atom. The monoisotopic (exact) mass is 307 g/mol. The van der Waals surface area contributed by atoms with Crippen LogP contribution in [0.25, 0.3) is 0 Å². The molecule has 0 saturated heterocycles. The SMILES string of the molecule is NC1CC(C(=O)Nc2cc3c(cn2)CCCC3)c2ccccc21. The molecule has 0 radical (unpaired) electrons. The maximum absolute atomic E-state index is 12.7. The fraction of sp³-hybridized carbons (Fsp3) is 0.368. The van der Waals surface area contributed by atoms with Gasteiger partial charge in [0, 0.05) is 12.2 Å². The van der Waals surface area contributed by atoms with Crippen LogP contribution >= 0.6 is 0 Å². The van der Waals surface area contributed by atoms with Gasteiger partial charge in [-0.15, -0.1) is 0 Å². The van der Waals surface area contributed by atoms with Gasteiger partial charge in [-0.25, -0.2) is 4.98 Å². The molecular weight excluding hydrogens is 286 g/mol. The molecule has 3 N–H and O–H groups in total. The van der Waals surface area contributed by atoms with Gasteiger partial charge in [0.2, 0.25) is 5.91 Å². The molecule has 0 fully saturated rings. The number of amides is 1. The van der Waals surface area contributed by atoms with E-state index in [0.717, 1.165) is 24.0 Å². The molecule has 1 amide bonds. The van der Waals surface area contributed by atoms with Crippen molar-refractivity contribution in [3.63, 3.8) is 0 Å². The zero-order valence-corrected chi connectivity index (χ0v) is 13.1. The highest BCUT2D eigenvalue weighted by Crippen LogP contribution is 2.39. The van der Waals surface area contributed by atoms with Crippen LogP contribution in [0.3, 0.4) is 0 Å². The third-order valence-corrected chi connectivity index (χ3v) is 5.05. The van der Waals surface area contributed by atoms with E-state index >= 15 is 0 Å². The number of aryl methyl sites for hydroxylation is 2. The molecule has 4 nitrogen and oxygen atoms in total. The molecule has 1 aromatic carbocycles. The van der Waals surface area contributed by atoms with E-state index in [2.05, 4.69) is 10.3 Å². The standard InChI is InChI=1S/C19H21N3O/c20-17-10-16(14-7-3-4-8-15(14)17)19(23)22-18-9-12-5-1-2-6-13(12)11-21-18/h3-4,7-9,11,16-17H,1-2,5-6,10,20H2,(H,21,22,23). The molecule has 2 aliphatic carbocycles. The Hall–Kier alpha value is -2.20. The van der Waals surface area contributed by atoms with E-state index in [1.165, 1.54) is 24.0 Å². The summed E-state index contributed by atoms with van der Waals surface area (Å²) in [6.45, 7) is 0. The molecule has 2 aliphatic rings. The van der Waals surface area contributed by atoms with Crippen LogP contribution in [0.4, 0.5) is 5.82 Å². The number of carbonyl (C=O) groups is 1. The molecule has 2 atom stereocenters. The van der Waals surface area contributed by atoms with Crippen molar-refractivity contribution in [2.45, 2.75) is 44.1 Å². The van der Waals surface area contributed by atoms with Crippen molar-refractivity contribution in [2.75, 3.05) is 5.32 Å². The van der Waals surface area contributed by atoms with Gasteiger partial charge in [0.05, 0.1) is 5.92 Å². The van der Waals surface area contributed by atoms with Crippen molar-refractivity contribution in [1.29, 1.82) is 0 Å². The molecule has 4 rings (SSSR count). The maximum Gasteiger partial charge on any atom is 0.233 e. The van der Waals surface area contributed by atoms with E-state index in [1.54, 1.807) is 0 Å². The first-order chi connectivity index (χ1) is 11.2. The topological polar surface area (TPSA) is 68.0 Å². The zero-order chi connectivity index (χ0) is 15.8. The van der Waals surface area contributed by atoms with E-state index in [-0.39, 0.29) is 17.9 Å². The van der Waals surface area contributed by atoms with Crippen molar-refractivity contribution < 1.29 is 4.79 Å². The van der Waals surface area contributed by atoms with Crippen LogP contribution in [0.2, 0.25) is 0 Å². The number of aromatic nitrogens is 1. The molecule has 4 heteroatoms. The first kappa shape index (κ1) is 14.4. The highest BCUT2D eigenvalue weighted by molar-refractivity contribution is 5.96. The van der Waals surface area contributed by atoms with Crippen molar-refractivity contribution in [3.8, 4) is 0 Å². The third kappa shape index (κ3) is 2.63. The number of pyridine rings is 1. The van der Waals surface area contributed by atoms with E-state index < -0.39 is 0 Å². The molecule has 2 aromatic rings. The van der Waals surface area contributed by atoms with Gasteiger partial charge < -0.3 is 11.1 Å². The Kier molecular flexibility index (Phi) is 3.62. The second kappa shape index (κ2) is 5.78. The minimum absolute atomic E-state index is 0.00587. The minimum Gasteiger partial charge on any atom is -0.324 e. The first-order valence-corrected chi connectivity index (χ1v) is 8.35. The number of nitrogens with two attached hydrogens (primary N) is 1. The van der Waals surface area contributed by atoms with E-state index in [4.69, 9.17) is 5.73 Å². The molecule has 1 aromatic heterocycles. The molecule has 0 spiro atoms. The fourth-order valence-electron chi connectivity index (χ4n) is 3.82. The first-order valence-electron chi connectivity index (χ1n) is 8.35. The molecule has 0 bridgehead atoms. The summed E-state index contributed by atoms with van der Waals surface area (Å²) in [5, 5.41) is 2.99. The Bertz CT molecular complexity index is 756. The summed E-state index contributed by atoms with van der Waals surface area (Å²) in [6, 6.07) is 9.95. The van der Waals surface area contributed by atoms with Crippen LogP contribution in [-0.4, -0.2) is 10.9 Å².